The first-order chi connectivity index (χ1) is 17.5. The molecule has 1 N–H and O–H groups in total. The topological polar surface area (TPSA) is 46.2 Å². The summed E-state index contributed by atoms with van der Waals surface area (Å²) in [7, 11) is 0. The largest absolute Gasteiger partial charge is 0.352 e. The molecule has 0 spiro atoms. The van der Waals surface area contributed by atoms with Crippen molar-refractivity contribution in [2.24, 2.45) is 17.8 Å². The van der Waals surface area contributed by atoms with E-state index in [1.807, 2.05) is 6.08 Å². The molecule has 0 unspecified atom stereocenters. The molecule has 0 heterocycles. The zero-order valence-electron chi connectivity index (χ0n) is 22.9. The van der Waals surface area contributed by atoms with Crippen LogP contribution in [0.4, 0.5) is 0 Å². The highest BCUT2D eigenvalue weighted by Gasteiger charge is 2.31. The van der Waals surface area contributed by atoms with Crippen LogP contribution in [0.1, 0.15) is 121 Å². The van der Waals surface area contributed by atoms with Crippen LogP contribution in [0, 0.1) is 17.8 Å². The molecule has 0 atom stereocenters. The highest BCUT2D eigenvalue weighted by Crippen LogP contribution is 2.44. The van der Waals surface area contributed by atoms with E-state index in [2.05, 4.69) is 43.1 Å². The summed E-state index contributed by atoms with van der Waals surface area (Å²) in [4.78, 5) is 22.9. The van der Waals surface area contributed by atoms with Crippen molar-refractivity contribution in [3.8, 4) is 0 Å². The summed E-state index contributed by atoms with van der Waals surface area (Å²) >= 11 is 0. The van der Waals surface area contributed by atoms with Crippen molar-refractivity contribution in [1.29, 1.82) is 0 Å². The molecule has 0 saturated heterocycles. The van der Waals surface area contributed by atoms with Crippen LogP contribution in [-0.2, 0) is 9.59 Å². The van der Waals surface area contributed by atoms with Gasteiger partial charge in [0.2, 0.25) is 5.91 Å². The van der Waals surface area contributed by atoms with E-state index in [0.29, 0.717) is 17.3 Å². The van der Waals surface area contributed by atoms with Crippen molar-refractivity contribution >= 4 is 17.8 Å². The molecular weight excluding hydrogens is 442 g/mol. The van der Waals surface area contributed by atoms with Gasteiger partial charge in [-0.05, 0) is 86.8 Å². The van der Waals surface area contributed by atoms with Crippen molar-refractivity contribution in [2.45, 2.75) is 110 Å². The number of amides is 1. The molecule has 3 nitrogen and oxygen atoms in total. The Morgan fingerprint density at radius 1 is 0.889 bits per heavy atom. The number of rotatable bonds is 11. The first-order valence-electron chi connectivity index (χ1n) is 14.7. The third-order valence-corrected chi connectivity index (χ3v) is 8.65. The molecule has 0 aliphatic heterocycles. The summed E-state index contributed by atoms with van der Waals surface area (Å²) in [5.74, 6) is 3.45. The van der Waals surface area contributed by atoms with Crippen LogP contribution < -0.4 is 5.32 Å². The zero-order valence-corrected chi connectivity index (χ0v) is 22.9. The van der Waals surface area contributed by atoms with E-state index in [4.69, 9.17) is 0 Å². The second-order valence-electron chi connectivity index (χ2n) is 11.4. The average molecular weight is 492 g/mol. The zero-order chi connectivity index (χ0) is 25.8. The number of carbonyl (C=O) groups excluding carboxylic acids is 2. The maximum absolute atomic E-state index is 11.9. The lowest BCUT2D eigenvalue weighted by Crippen LogP contribution is -2.25. The van der Waals surface area contributed by atoms with Gasteiger partial charge in [-0.2, -0.15) is 0 Å². The lowest BCUT2D eigenvalue weighted by molar-refractivity contribution is -0.120. The van der Waals surface area contributed by atoms with Crippen molar-refractivity contribution in [2.75, 3.05) is 6.54 Å². The van der Waals surface area contributed by atoms with E-state index in [1.54, 1.807) is 13.0 Å². The normalized spacial score (nSPS) is 22.2. The summed E-state index contributed by atoms with van der Waals surface area (Å²) in [5, 5.41) is 2.80. The molecule has 0 radical (unpaired) electrons. The van der Waals surface area contributed by atoms with Gasteiger partial charge < -0.3 is 5.32 Å². The third-order valence-electron chi connectivity index (χ3n) is 8.65. The minimum Gasteiger partial charge on any atom is -0.352 e. The number of unbranched alkanes of at least 4 members (excludes halogenated alkanes) is 3. The summed E-state index contributed by atoms with van der Waals surface area (Å²) in [5.41, 5.74) is 3.25. The summed E-state index contributed by atoms with van der Waals surface area (Å²) in [6.45, 7) is 8.24. The number of nitrogens with one attached hydrogen (secondary N) is 1. The first-order valence-corrected chi connectivity index (χ1v) is 14.7. The van der Waals surface area contributed by atoms with E-state index in [9.17, 15) is 9.59 Å². The Kier molecular flexibility index (Phi) is 12.0. The van der Waals surface area contributed by atoms with E-state index in [0.717, 1.165) is 49.1 Å². The van der Waals surface area contributed by atoms with Crippen LogP contribution in [0.5, 0.6) is 0 Å². The van der Waals surface area contributed by atoms with Crippen molar-refractivity contribution in [3.05, 3.63) is 53.6 Å². The highest BCUT2D eigenvalue weighted by atomic mass is 16.1. The standard InChI is InChI=1S/C23H30O.C10H19NO/c24-23(22-5-2-6-22)16-9-17-7-10-19(11-8-17)21-14-12-20(13-15-21)18-3-1-4-18;1-4-5-6-7-8-11-10(12)9(2)3/h7-11,16,18,20-22H,1-6,12-15H2;2,4-8H2,1,3H3,(H,11,12)/b16-9+;. The fourth-order valence-electron chi connectivity index (χ4n) is 5.63. The molecule has 3 aliphatic carbocycles. The SMILES string of the molecule is C=C(C)C(=O)NCCCCCC.O=C(/C=C/c1ccc(C2CCC(C3CCC3)CC2)cc1)C1CCC1. The van der Waals surface area contributed by atoms with E-state index < -0.39 is 0 Å². The van der Waals surface area contributed by atoms with Crippen molar-refractivity contribution in [3.63, 3.8) is 0 Å². The molecule has 36 heavy (non-hydrogen) atoms. The Balaban J connectivity index is 0.000000257. The Bertz CT molecular complexity index is 852. The summed E-state index contributed by atoms with van der Waals surface area (Å²) in [6, 6.07) is 8.97. The average Bonchev–Trinajstić information content (AvgIpc) is 2.81. The van der Waals surface area contributed by atoms with Gasteiger partial charge in [-0.1, -0.05) is 88.8 Å². The van der Waals surface area contributed by atoms with Crippen molar-refractivity contribution < 1.29 is 9.59 Å². The van der Waals surface area contributed by atoms with E-state index >= 15 is 0 Å². The summed E-state index contributed by atoms with van der Waals surface area (Å²) in [6.07, 6.45) is 22.0. The van der Waals surface area contributed by atoms with Gasteiger partial charge in [0.05, 0.1) is 0 Å². The molecule has 1 amide bonds. The predicted molar refractivity (Wildman–Crippen MR) is 152 cm³/mol. The lowest BCUT2D eigenvalue weighted by Gasteiger charge is -2.38. The van der Waals surface area contributed by atoms with Crippen LogP contribution in [0.3, 0.4) is 0 Å². The molecule has 3 heteroatoms. The third kappa shape index (κ3) is 9.05. The molecule has 1 aromatic carbocycles. The number of ketones is 1. The summed E-state index contributed by atoms with van der Waals surface area (Å²) < 4.78 is 0. The molecule has 0 bridgehead atoms. The molecule has 1 aromatic rings. The van der Waals surface area contributed by atoms with Gasteiger partial charge in [0.25, 0.3) is 0 Å². The minimum atomic E-state index is -0.0218. The molecule has 4 rings (SSSR count). The van der Waals surface area contributed by atoms with Crippen LogP contribution in [0.25, 0.3) is 6.08 Å². The first kappa shape index (κ1) is 28.4. The molecular formula is C33H49NO2. The van der Waals surface area contributed by atoms with Crippen LogP contribution in [0.15, 0.2) is 42.5 Å². The van der Waals surface area contributed by atoms with Gasteiger partial charge in [-0.15, -0.1) is 0 Å². The predicted octanol–water partition coefficient (Wildman–Crippen LogP) is 8.40. The molecule has 198 valence electrons. The second-order valence-corrected chi connectivity index (χ2v) is 11.4. The molecule has 3 saturated carbocycles. The fraction of sp³-hybridized carbons (Fsp3) is 0.636. The van der Waals surface area contributed by atoms with Crippen molar-refractivity contribution in [1.82, 2.24) is 5.32 Å². The quantitative estimate of drug-likeness (QED) is 0.249. The Morgan fingerprint density at radius 3 is 2.06 bits per heavy atom. The fourth-order valence-corrected chi connectivity index (χ4v) is 5.63. The lowest BCUT2D eigenvalue weighted by atomic mass is 9.67. The van der Waals surface area contributed by atoms with Gasteiger partial charge in [0, 0.05) is 18.0 Å². The van der Waals surface area contributed by atoms with Crippen LogP contribution in [0.2, 0.25) is 0 Å². The van der Waals surface area contributed by atoms with Gasteiger partial charge in [0.1, 0.15) is 0 Å². The van der Waals surface area contributed by atoms with Gasteiger partial charge in [-0.3, -0.25) is 9.59 Å². The number of benzene rings is 1. The van der Waals surface area contributed by atoms with E-state index in [1.165, 1.54) is 76.2 Å². The Labute approximate surface area is 220 Å². The number of hydrogen-bond donors (Lipinski definition) is 1. The second kappa shape index (κ2) is 15.2. The molecule has 3 fully saturated rings. The highest BCUT2D eigenvalue weighted by molar-refractivity contribution is 5.95. The molecule has 0 aromatic heterocycles. The Morgan fingerprint density at radius 2 is 1.53 bits per heavy atom. The monoisotopic (exact) mass is 491 g/mol. The van der Waals surface area contributed by atoms with Crippen LogP contribution >= 0.6 is 0 Å². The van der Waals surface area contributed by atoms with Crippen LogP contribution in [-0.4, -0.2) is 18.2 Å². The maximum Gasteiger partial charge on any atom is 0.246 e. The number of hydrogen-bond acceptors (Lipinski definition) is 2. The number of allylic oxidation sites excluding steroid dienone is 1. The number of carbonyl (C=O) groups is 2. The Hall–Kier alpha value is -2.16. The van der Waals surface area contributed by atoms with E-state index in [-0.39, 0.29) is 5.91 Å². The minimum absolute atomic E-state index is 0.0218. The smallest absolute Gasteiger partial charge is 0.246 e. The maximum atomic E-state index is 11.9. The van der Waals surface area contributed by atoms with Gasteiger partial charge in [0.15, 0.2) is 5.78 Å². The van der Waals surface area contributed by atoms with Gasteiger partial charge in [-0.25, -0.2) is 0 Å². The van der Waals surface area contributed by atoms with Gasteiger partial charge >= 0.3 is 0 Å². The molecule has 3 aliphatic rings.